The Hall–Kier alpha value is -2.57. The quantitative estimate of drug-likeness (QED) is 0.494. The number of rotatable bonds is 5. The number of nitrogens with zero attached hydrogens (tertiary/aromatic N) is 3. The molecule has 2 heterocycles. The summed E-state index contributed by atoms with van der Waals surface area (Å²) in [6.45, 7) is 1.40. The number of aromatic nitrogens is 2. The standard InChI is InChI=1S/C27H32ClN3O3/c1-33-23-16-21-22(17-24(23)34-2)29-25(18-6-4-3-5-7-18)30-26(21)31-14-12-27(32,13-15-31)19-8-10-20(28)11-9-19/h8-11,16-18,32H,3-7,12-15H2,1-2H3. The second-order valence-electron chi connectivity index (χ2n) is 9.49. The van der Waals surface area contributed by atoms with Gasteiger partial charge in [-0.15, -0.1) is 0 Å². The molecule has 1 saturated heterocycles. The highest BCUT2D eigenvalue weighted by Gasteiger charge is 2.35. The minimum atomic E-state index is -0.864. The van der Waals surface area contributed by atoms with Crippen molar-refractivity contribution >= 4 is 28.3 Å². The smallest absolute Gasteiger partial charge is 0.162 e. The van der Waals surface area contributed by atoms with Crippen molar-refractivity contribution in [3.63, 3.8) is 0 Å². The van der Waals surface area contributed by atoms with E-state index in [9.17, 15) is 5.11 Å². The van der Waals surface area contributed by atoms with Crippen molar-refractivity contribution in [2.24, 2.45) is 0 Å². The lowest BCUT2D eigenvalue weighted by Gasteiger charge is -2.39. The molecule has 2 aromatic carbocycles. The van der Waals surface area contributed by atoms with Gasteiger partial charge in [-0.1, -0.05) is 43.0 Å². The van der Waals surface area contributed by atoms with E-state index in [-0.39, 0.29) is 0 Å². The first-order chi connectivity index (χ1) is 16.5. The van der Waals surface area contributed by atoms with Gasteiger partial charge in [-0.05, 0) is 49.4 Å². The predicted octanol–water partition coefficient (Wildman–Crippen LogP) is 5.84. The van der Waals surface area contributed by atoms with E-state index in [2.05, 4.69) is 4.90 Å². The Labute approximate surface area is 205 Å². The van der Waals surface area contributed by atoms with Gasteiger partial charge in [0.2, 0.25) is 0 Å². The largest absolute Gasteiger partial charge is 0.493 e. The summed E-state index contributed by atoms with van der Waals surface area (Å²) < 4.78 is 11.1. The van der Waals surface area contributed by atoms with E-state index in [1.54, 1.807) is 14.2 Å². The fourth-order valence-electron chi connectivity index (χ4n) is 5.38. The van der Waals surface area contributed by atoms with E-state index in [1.807, 2.05) is 36.4 Å². The number of piperidine rings is 1. The average Bonchev–Trinajstić information content (AvgIpc) is 2.88. The van der Waals surface area contributed by atoms with Crippen molar-refractivity contribution in [1.82, 2.24) is 9.97 Å². The number of methoxy groups -OCH3 is 2. The monoisotopic (exact) mass is 481 g/mol. The molecule has 1 N–H and O–H groups in total. The zero-order chi connectivity index (χ0) is 23.7. The van der Waals surface area contributed by atoms with Crippen molar-refractivity contribution in [3.8, 4) is 11.5 Å². The first kappa shape index (κ1) is 23.2. The van der Waals surface area contributed by atoms with Crippen LogP contribution in [0, 0.1) is 0 Å². The Bertz CT molecular complexity index is 1150. The van der Waals surface area contributed by atoms with Gasteiger partial charge in [0, 0.05) is 35.5 Å². The molecule has 1 aliphatic heterocycles. The maximum Gasteiger partial charge on any atom is 0.162 e. The maximum absolute atomic E-state index is 11.4. The zero-order valence-electron chi connectivity index (χ0n) is 19.9. The third-order valence-corrected chi connectivity index (χ3v) is 7.69. The summed E-state index contributed by atoms with van der Waals surface area (Å²) in [5, 5.41) is 13.0. The average molecular weight is 482 g/mol. The normalized spacial score (nSPS) is 18.8. The lowest BCUT2D eigenvalue weighted by molar-refractivity contribution is 0.0117. The molecule has 2 fully saturated rings. The number of halogens is 1. The fourth-order valence-corrected chi connectivity index (χ4v) is 5.50. The van der Waals surface area contributed by atoms with Crippen molar-refractivity contribution in [2.45, 2.75) is 56.5 Å². The van der Waals surface area contributed by atoms with Crippen molar-refractivity contribution in [2.75, 3.05) is 32.2 Å². The molecule has 1 aliphatic carbocycles. The molecule has 2 aliphatic rings. The molecule has 0 bridgehead atoms. The molecular formula is C27H32ClN3O3. The van der Waals surface area contributed by atoms with E-state index in [0.717, 1.165) is 41.0 Å². The van der Waals surface area contributed by atoms with Crippen molar-refractivity contribution < 1.29 is 14.6 Å². The van der Waals surface area contributed by atoms with Crippen LogP contribution in [0.15, 0.2) is 36.4 Å². The van der Waals surface area contributed by atoms with Crippen molar-refractivity contribution in [1.29, 1.82) is 0 Å². The molecule has 0 unspecified atom stereocenters. The number of benzene rings is 2. The fraction of sp³-hybridized carbons (Fsp3) is 0.481. The summed E-state index contributed by atoms with van der Waals surface area (Å²) in [7, 11) is 3.30. The SMILES string of the molecule is COc1cc2nc(C3CCCCC3)nc(N3CCC(O)(c4ccc(Cl)cc4)CC3)c2cc1OC. The van der Waals surface area contributed by atoms with Gasteiger partial charge in [-0.2, -0.15) is 0 Å². The molecule has 7 heteroatoms. The Morgan fingerprint density at radius 3 is 2.24 bits per heavy atom. The minimum Gasteiger partial charge on any atom is -0.493 e. The van der Waals surface area contributed by atoms with Crippen LogP contribution in [-0.4, -0.2) is 42.4 Å². The maximum atomic E-state index is 11.4. The zero-order valence-corrected chi connectivity index (χ0v) is 20.6. The highest BCUT2D eigenvalue weighted by molar-refractivity contribution is 6.30. The number of ether oxygens (including phenoxy) is 2. The van der Waals surface area contributed by atoms with E-state index < -0.39 is 5.60 Å². The molecule has 34 heavy (non-hydrogen) atoms. The van der Waals surface area contributed by atoms with Crippen LogP contribution in [0.25, 0.3) is 10.9 Å². The summed E-state index contributed by atoms with van der Waals surface area (Å²) >= 11 is 6.06. The van der Waals surface area contributed by atoms with Gasteiger partial charge >= 0.3 is 0 Å². The lowest BCUT2D eigenvalue weighted by Crippen LogP contribution is -2.43. The minimum absolute atomic E-state index is 0.390. The van der Waals surface area contributed by atoms with Gasteiger partial charge in [-0.3, -0.25) is 0 Å². The summed E-state index contributed by atoms with van der Waals surface area (Å²) in [4.78, 5) is 12.4. The van der Waals surface area contributed by atoms with Crippen LogP contribution in [0.5, 0.6) is 11.5 Å². The van der Waals surface area contributed by atoms with Gasteiger partial charge in [0.25, 0.3) is 0 Å². The predicted molar refractivity (Wildman–Crippen MR) is 135 cm³/mol. The van der Waals surface area contributed by atoms with Crippen LogP contribution in [0.3, 0.4) is 0 Å². The van der Waals surface area contributed by atoms with Crippen LogP contribution >= 0.6 is 11.6 Å². The third-order valence-electron chi connectivity index (χ3n) is 7.44. The van der Waals surface area contributed by atoms with Crippen LogP contribution in [-0.2, 0) is 5.60 Å². The van der Waals surface area contributed by atoms with Crippen molar-refractivity contribution in [3.05, 3.63) is 52.8 Å². The first-order valence-corrected chi connectivity index (χ1v) is 12.6. The van der Waals surface area contributed by atoms with E-state index in [1.165, 1.54) is 19.3 Å². The number of aliphatic hydroxyl groups is 1. The summed E-state index contributed by atoms with van der Waals surface area (Å²) in [5.41, 5.74) is 0.928. The lowest BCUT2D eigenvalue weighted by atomic mass is 9.84. The topological polar surface area (TPSA) is 67.7 Å². The molecule has 0 amide bonds. The first-order valence-electron chi connectivity index (χ1n) is 12.2. The summed E-state index contributed by atoms with van der Waals surface area (Å²) in [5.74, 6) is 3.57. The highest BCUT2D eigenvalue weighted by Crippen LogP contribution is 2.40. The van der Waals surface area contributed by atoms with Gasteiger partial charge in [0.15, 0.2) is 11.5 Å². The van der Waals surface area contributed by atoms with Gasteiger partial charge < -0.3 is 19.5 Å². The molecular weight excluding hydrogens is 450 g/mol. The van der Waals surface area contributed by atoms with Crippen LogP contribution in [0.2, 0.25) is 5.02 Å². The molecule has 6 nitrogen and oxygen atoms in total. The number of hydrogen-bond donors (Lipinski definition) is 1. The van der Waals surface area contributed by atoms with Crippen LogP contribution in [0.4, 0.5) is 5.82 Å². The van der Waals surface area contributed by atoms with E-state index in [0.29, 0.717) is 48.4 Å². The Morgan fingerprint density at radius 2 is 1.59 bits per heavy atom. The number of fused-ring (bicyclic) bond motifs is 1. The molecule has 180 valence electrons. The van der Waals surface area contributed by atoms with E-state index in [4.69, 9.17) is 31.0 Å². The Balaban J connectivity index is 1.51. The van der Waals surface area contributed by atoms with Crippen LogP contribution in [0.1, 0.15) is 62.3 Å². The molecule has 3 aromatic rings. The van der Waals surface area contributed by atoms with Crippen LogP contribution < -0.4 is 14.4 Å². The Kier molecular flexibility index (Phi) is 6.54. The molecule has 0 radical (unpaired) electrons. The van der Waals surface area contributed by atoms with Gasteiger partial charge in [0.1, 0.15) is 11.6 Å². The third kappa shape index (κ3) is 4.41. The van der Waals surface area contributed by atoms with E-state index >= 15 is 0 Å². The second-order valence-corrected chi connectivity index (χ2v) is 9.93. The molecule has 0 spiro atoms. The Morgan fingerprint density at radius 1 is 0.941 bits per heavy atom. The molecule has 1 aromatic heterocycles. The number of anilines is 1. The molecule has 0 atom stereocenters. The van der Waals surface area contributed by atoms with Gasteiger partial charge in [-0.25, -0.2) is 9.97 Å². The highest BCUT2D eigenvalue weighted by atomic mass is 35.5. The summed E-state index contributed by atoms with van der Waals surface area (Å²) in [6, 6.07) is 11.5. The summed E-state index contributed by atoms with van der Waals surface area (Å²) in [6.07, 6.45) is 7.25. The second kappa shape index (κ2) is 9.59. The number of hydrogen-bond acceptors (Lipinski definition) is 6. The molecule has 1 saturated carbocycles. The van der Waals surface area contributed by atoms with Gasteiger partial charge in [0.05, 0.1) is 25.3 Å². The molecule has 5 rings (SSSR count).